The number of carbonyl (C=O) groups excluding carboxylic acids is 3. The van der Waals surface area contributed by atoms with E-state index in [9.17, 15) is 14.4 Å². The molecular formula is C29H31N7O5. The van der Waals surface area contributed by atoms with Gasteiger partial charge in [0.2, 0.25) is 23.2 Å². The van der Waals surface area contributed by atoms with Crippen LogP contribution in [0.5, 0.6) is 5.75 Å². The van der Waals surface area contributed by atoms with Crippen LogP contribution in [0.25, 0.3) is 11.0 Å². The summed E-state index contributed by atoms with van der Waals surface area (Å²) in [6, 6.07) is 13.0. The topological polar surface area (TPSA) is 136 Å². The van der Waals surface area contributed by atoms with Gasteiger partial charge in [0.15, 0.2) is 0 Å². The first-order valence-electron chi connectivity index (χ1n) is 13.7. The van der Waals surface area contributed by atoms with E-state index in [2.05, 4.69) is 20.6 Å². The quantitative estimate of drug-likeness (QED) is 0.404. The average molecular weight is 558 g/mol. The van der Waals surface area contributed by atoms with Crippen molar-refractivity contribution in [1.82, 2.24) is 35.0 Å². The molecule has 1 aromatic carbocycles. The second-order valence-electron chi connectivity index (χ2n) is 10.4. The van der Waals surface area contributed by atoms with Crippen LogP contribution in [-0.4, -0.2) is 86.8 Å². The van der Waals surface area contributed by atoms with Gasteiger partial charge in [-0.3, -0.25) is 19.1 Å². The predicted octanol–water partition coefficient (Wildman–Crippen LogP) is 2.01. The van der Waals surface area contributed by atoms with E-state index in [4.69, 9.17) is 9.26 Å². The van der Waals surface area contributed by atoms with E-state index in [-0.39, 0.29) is 42.6 Å². The van der Waals surface area contributed by atoms with Crippen molar-refractivity contribution in [3.63, 3.8) is 0 Å². The Morgan fingerprint density at radius 2 is 1.95 bits per heavy atom. The summed E-state index contributed by atoms with van der Waals surface area (Å²) in [6.45, 7) is 4.11. The van der Waals surface area contributed by atoms with Gasteiger partial charge in [0, 0.05) is 44.5 Å². The number of carbonyl (C=O) groups is 3. The summed E-state index contributed by atoms with van der Waals surface area (Å²) < 4.78 is 13.0. The molecule has 212 valence electrons. The Bertz CT molecular complexity index is 1580. The minimum Gasteiger partial charge on any atom is -0.492 e. The summed E-state index contributed by atoms with van der Waals surface area (Å²) in [7, 11) is 0. The lowest BCUT2D eigenvalue weighted by Crippen LogP contribution is -2.39. The molecule has 0 spiro atoms. The first-order chi connectivity index (χ1) is 20.0. The number of aryl methyl sites for hydroxylation is 1. The van der Waals surface area contributed by atoms with Gasteiger partial charge in [-0.25, -0.2) is 4.98 Å². The number of fused-ring (bicyclic) bond motifs is 5. The van der Waals surface area contributed by atoms with Crippen molar-refractivity contribution in [3.8, 4) is 5.75 Å². The minimum atomic E-state index is -0.415. The van der Waals surface area contributed by atoms with Crippen LogP contribution in [0.3, 0.4) is 0 Å². The van der Waals surface area contributed by atoms with Gasteiger partial charge < -0.3 is 24.4 Å². The Hall–Kier alpha value is -4.74. The molecule has 0 saturated carbocycles. The molecule has 5 heterocycles. The molecule has 2 atom stereocenters. The van der Waals surface area contributed by atoms with Gasteiger partial charge in [-0.2, -0.15) is 5.10 Å². The lowest BCUT2D eigenvalue weighted by atomic mass is 9.88. The molecule has 2 aliphatic rings. The molecule has 2 bridgehead atoms. The third-order valence-electron chi connectivity index (χ3n) is 7.64. The normalized spacial score (nSPS) is 19.8. The molecule has 2 aliphatic heterocycles. The van der Waals surface area contributed by atoms with Gasteiger partial charge in [-0.1, -0.05) is 17.3 Å². The summed E-state index contributed by atoms with van der Waals surface area (Å²) in [4.78, 5) is 47.5. The lowest BCUT2D eigenvalue weighted by molar-refractivity contribution is -0.131. The van der Waals surface area contributed by atoms with Crippen molar-refractivity contribution in [3.05, 3.63) is 71.9 Å². The zero-order valence-corrected chi connectivity index (χ0v) is 22.7. The van der Waals surface area contributed by atoms with E-state index in [0.29, 0.717) is 55.9 Å². The number of ether oxygens (including phenoxy) is 1. The lowest BCUT2D eigenvalue weighted by Gasteiger charge is -2.24. The Morgan fingerprint density at radius 3 is 2.80 bits per heavy atom. The third-order valence-corrected chi connectivity index (χ3v) is 7.64. The fourth-order valence-electron chi connectivity index (χ4n) is 5.52. The number of pyridine rings is 1. The molecule has 3 amide bonds. The fraction of sp³-hybridized carbons (Fsp3) is 0.379. The molecule has 1 fully saturated rings. The smallest absolute Gasteiger partial charge is 0.293 e. The second kappa shape index (κ2) is 11.4. The zero-order valence-electron chi connectivity index (χ0n) is 22.7. The van der Waals surface area contributed by atoms with Crippen molar-refractivity contribution >= 4 is 28.8 Å². The van der Waals surface area contributed by atoms with Crippen molar-refractivity contribution in [2.75, 3.05) is 39.3 Å². The van der Waals surface area contributed by atoms with Crippen LogP contribution < -0.4 is 10.1 Å². The Labute approximate surface area is 236 Å². The van der Waals surface area contributed by atoms with E-state index >= 15 is 0 Å². The van der Waals surface area contributed by atoms with Crippen molar-refractivity contribution in [1.29, 1.82) is 0 Å². The first-order valence-corrected chi connectivity index (χ1v) is 13.7. The molecule has 0 aliphatic carbocycles. The van der Waals surface area contributed by atoms with Crippen LogP contribution in [0, 0.1) is 12.8 Å². The Morgan fingerprint density at radius 1 is 1.07 bits per heavy atom. The first kappa shape index (κ1) is 26.5. The number of benzene rings is 1. The number of nitrogens with zero attached hydrogens (tertiary/aromatic N) is 6. The van der Waals surface area contributed by atoms with Crippen LogP contribution >= 0.6 is 0 Å². The van der Waals surface area contributed by atoms with Crippen LogP contribution in [0.1, 0.15) is 34.2 Å². The number of likely N-dealkylation sites (tertiary alicyclic amines) is 1. The number of nitrogens with one attached hydrogen (secondary N) is 1. The molecule has 0 unspecified atom stereocenters. The second-order valence-corrected chi connectivity index (χ2v) is 10.4. The molecule has 12 heteroatoms. The average Bonchev–Trinajstić information content (AvgIpc) is 3.72. The number of aromatic nitrogens is 4. The highest BCUT2D eigenvalue weighted by Gasteiger charge is 2.40. The summed E-state index contributed by atoms with van der Waals surface area (Å²) in [5.74, 6) is -0.328. The highest BCUT2D eigenvalue weighted by Crippen LogP contribution is 2.35. The van der Waals surface area contributed by atoms with E-state index in [1.54, 1.807) is 39.0 Å². The van der Waals surface area contributed by atoms with E-state index in [1.807, 2.05) is 37.3 Å². The van der Waals surface area contributed by atoms with Gasteiger partial charge >= 0.3 is 0 Å². The van der Waals surface area contributed by atoms with Gasteiger partial charge in [0.05, 0.1) is 23.5 Å². The standard InChI is InChI=1S/C29H31N7O5/c1-19-8-12-36(32-19)18-25(37)35-16-23-20-5-2-6-21(15-20)40-14-13-34(11-4-10-31-28(38)24(23)17-35)29(39)26-22-7-3-9-30-27(22)33-41-26/h2-3,5-9,12,15,23-24H,4,10-11,13-14,16-18H2,1H3,(H,31,38)/t23-,24+/m1/s1. The monoisotopic (exact) mass is 557 g/mol. The largest absolute Gasteiger partial charge is 0.492 e. The van der Waals surface area contributed by atoms with Gasteiger partial charge in [0.1, 0.15) is 18.9 Å². The summed E-state index contributed by atoms with van der Waals surface area (Å²) in [5.41, 5.74) is 2.14. The fourth-order valence-corrected chi connectivity index (χ4v) is 5.52. The maximum atomic E-state index is 13.4. The molecule has 0 radical (unpaired) electrons. The maximum Gasteiger partial charge on any atom is 0.293 e. The molecule has 6 rings (SSSR count). The Balaban J connectivity index is 1.19. The molecule has 3 aromatic heterocycles. The van der Waals surface area contributed by atoms with Crippen LogP contribution in [0.4, 0.5) is 0 Å². The number of hydrogen-bond donors (Lipinski definition) is 1. The van der Waals surface area contributed by atoms with E-state index in [1.165, 1.54) is 0 Å². The minimum absolute atomic E-state index is 0.0805. The van der Waals surface area contributed by atoms with Crippen LogP contribution in [0.15, 0.2) is 59.4 Å². The third kappa shape index (κ3) is 5.63. The SMILES string of the molecule is Cc1ccn(CC(=O)N2C[C@@H]3C(=O)NCCCN(C(=O)c4onc5ncccc45)CCOc4cccc(c4)[C@H]3C2)n1. The van der Waals surface area contributed by atoms with Crippen LogP contribution in [0.2, 0.25) is 0 Å². The number of amides is 3. The molecule has 12 nitrogen and oxygen atoms in total. The molecule has 41 heavy (non-hydrogen) atoms. The van der Waals surface area contributed by atoms with Crippen molar-refractivity contribution < 1.29 is 23.6 Å². The van der Waals surface area contributed by atoms with Gasteiger partial charge in [-0.05, 0) is 49.2 Å². The van der Waals surface area contributed by atoms with Crippen LogP contribution in [-0.2, 0) is 16.1 Å². The molecule has 4 aromatic rings. The van der Waals surface area contributed by atoms with E-state index in [0.717, 1.165) is 11.3 Å². The van der Waals surface area contributed by atoms with Gasteiger partial charge in [0.25, 0.3) is 5.91 Å². The summed E-state index contributed by atoms with van der Waals surface area (Å²) in [6.07, 6.45) is 3.91. The van der Waals surface area contributed by atoms with Crippen molar-refractivity contribution in [2.24, 2.45) is 5.92 Å². The molecule has 1 N–H and O–H groups in total. The zero-order chi connectivity index (χ0) is 28.3. The highest BCUT2D eigenvalue weighted by atomic mass is 16.5. The summed E-state index contributed by atoms with van der Waals surface area (Å²) >= 11 is 0. The number of rotatable bonds is 3. The molecule has 1 saturated heterocycles. The maximum absolute atomic E-state index is 13.4. The number of hydrogen-bond acceptors (Lipinski definition) is 8. The van der Waals surface area contributed by atoms with Crippen molar-refractivity contribution in [2.45, 2.75) is 25.8 Å². The summed E-state index contributed by atoms with van der Waals surface area (Å²) in [5, 5.41) is 11.8. The molecular weight excluding hydrogens is 526 g/mol. The highest BCUT2D eigenvalue weighted by molar-refractivity contribution is 6.02. The van der Waals surface area contributed by atoms with Gasteiger partial charge in [-0.15, -0.1) is 0 Å². The Kier molecular flexibility index (Phi) is 7.36. The predicted molar refractivity (Wildman–Crippen MR) is 147 cm³/mol. The van der Waals surface area contributed by atoms with E-state index < -0.39 is 5.92 Å².